The van der Waals surface area contributed by atoms with Crippen LogP contribution in [0.15, 0.2) is 11.8 Å². The van der Waals surface area contributed by atoms with E-state index in [0.717, 1.165) is 27.7 Å². The minimum Gasteiger partial charge on any atom is -0.463 e. The minimum absolute atomic E-state index is 0.0206. The molecule has 45 heavy (non-hydrogen) atoms. The van der Waals surface area contributed by atoms with Gasteiger partial charge in [-0.1, -0.05) is 13.8 Å². The van der Waals surface area contributed by atoms with Crippen LogP contribution in [-0.2, 0) is 61.9 Å². The van der Waals surface area contributed by atoms with Crippen LogP contribution in [-0.4, -0.2) is 114 Å². The number of esters is 5. The molecule has 3 N–H and O–H groups in total. The molecule has 16 heteroatoms. The number of carbonyl (C=O) groups excluding carboxylic acids is 5. The summed E-state index contributed by atoms with van der Waals surface area (Å²) < 4.78 is 43.7. The highest BCUT2D eigenvalue weighted by atomic mass is 16.7. The van der Waals surface area contributed by atoms with E-state index in [1.165, 1.54) is 6.26 Å². The average molecular weight is 647 g/mol. The van der Waals surface area contributed by atoms with E-state index in [4.69, 9.17) is 37.9 Å². The Morgan fingerprint density at radius 3 is 2.16 bits per heavy atom. The zero-order valence-electron chi connectivity index (χ0n) is 26.0. The Morgan fingerprint density at radius 2 is 1.58 bits per heavy atom. The van der Waals surface area contributed by atoms with Crippen molar-refractivity contribution >= 4 is 29.8 Å². The molecular weight excluding hydrogens is 604 g/mol. The maximum Gasteiger partial charge on any atom is 0.311 e. The number of hydrogen-bond donors (Lipinski definition) is 3. The highest BCUT2D eigenvalue weighted by Gasteiger charge is 2.63. The van der Waals surface area contributed by atoms with E-state index in [9.17, 15) is 39.3 Å². The molecule has 254 valence electrons. The van der Waals surface area contributed by atoms with E-state index < -0.39 is 110 Å². The van der Waals surface area contributed by atoms with Gasteiger partial charge in [-0.15, -0.1) is 0 Å². The predicted molar refractivity (Wildman–Crippen MR) is 146 cm³/mol. The molecule has 1 saturated carbocycles. The van der Waals surface area contributed by atoms with Crippen molar-refractivity contribution in [1.82, 2.24) is 0 Å². The zero-order valence-corrected chi connectivity index (χ0v) is 26.0. The summed E-state index contributed by atoms with van der Waals surface area (Å²) in [5.74, 6) is -5.86. The third kappa shape index (κ3) is 8.70. The molecule has 16 nitrogen and oxygen atoms in total. The van der Waals surface area contributed by atoms with E-state index in [2.05, 4.69) is 0 Å². The fraction of sp³-hybridized carbons (Fsp3) is 0.759. The lowest BCUT2D eigenvalue weighted by Gasteiger charge is -2.42. The fourth-order valence-corrected chi connectivity index (χ4v) is 5.55. The molecule has 3 rings (SSSR count). The Balaban J connectivity index is 1.93. The van der Waals surface area contributed by atoms with Gasteiger partial charge in [0.25, 0.3) is 0 Å². The molecule has 11 atom stereocenters. The number of ether oxygens (including phenoxy) is 8. The van der Waals surface area contributed by atoms with Crippen molar-refractivity contribution in [2.75, 3.05) is 19.8 Å². The molecule has 0 bridgehead atoms. The summed E-state index contributed by atoms with van der Waals surface area (Å²) in [6, 6.07) is 0. The molecule has 0 aromatic rings. The maximum absolute atomic E-state index is 12.8. The van der Waals surface area contributed by atoms with E-state index in [1.54, 1.807) is 13.8 Å². The summed E-state index contributed by atoms with van der Waals surface area (Å²) in [7, 11) is 0. The van der Waals surface area contributed by atoms with Gasteiger partial charge in [-0.05, 0) is 18.4 Å². The van der Waals surface area contributed by atoms with Gasteiger partial charge in [-0.3, -0.25) is 24.0 Å². The van der Waals surface area contributed by atoms with Crippen molar-refractivity contribution in [3.63, 3.8) is 0 Å². The summed E-state index contributed by atoms with van der Waals surface area (Å²) in [6.07, 6.45) is -8.39. The van der Waals surface area contributed by atoms with Crippen LogP contribution < -0.4 is 0 Å². The van der Waals surface area contributed by atoms with Gasteiger partial charge < -0.3 is 53.2 Å². The van der Waals surface area contributed by atoms with Gasteiger partial charge in [0.1, 0.15) is 43.2 Å². The first-order chi connectivity index (χ1) is 21.1. The van der Waals surface area contributed by atoms with Gasteiger partial charge in [0.2, 0.25) is 6.29 Å². The van der Waals surface area contributed by atoms with E-state index >= 15 is 0 Å². The van der Waals surface area contributed by atoms with Crippen LogP contribution >= 0.6 is 0 Å². The van der Waals surface area contributed by atoms with Crippen LogP contribution in [0.5, 0.6) is 0 Å². The largest absolute Gasteiger partial charge is 0.463 e. The van der Waals surface area contributed by atoms with Crippen LogP contribution in [0.3, 0.4) is 0 Å². The standard InChI is InChI=1S/C29H42O16/c1-7-13(2)26(36)45-27-22-19(8-21(42-16(5)32)29(22,37)12-41-15(4)31)18(9-39-27)10-40-28-25(43-17(6)33)24(35)23(34)20(44-28)11-38-14(3)30/h9,13,19-25,27-28,34-35,37H,7-8,10-12H2,1-6H3. The first-order valence-electron chi connectivity index (χ1n) is 14.6. The summed E-state index contributed by atoms with van der Waals surface area (Å²) in [6.45, 7) is 6.57. The normalized spacial score (nSPS) is 34.7. The number of fused-ring (bicyclic) bond motifs is 1. The zero-order chi connectivity index (χ0) is 33.6. The van der Waals surface area contributed by atoms with Crippen molar-refractivity contribution in [2.24, 2.45) is 17.8 Å². The molecule has 1 saturated heterocycles. The first kappa shape index (κ1) is 36.2. The molecule has 11 unspecified atom stereocenters. The van der Waals surface area contributed by atoms with E-state index in [0.29, 0.717) is 12.0 Å². The topological polar surface area (TPSA) is 220 Å². The van der Waals surface area contributed by atoms with Gasteiger partial charge in [-0.2, -0.15) is 0 Å². The highest BCUT2D eigenvalue weighted by molar-refractivity contribution is 5.72. The van der Waals surface area contributed by atoms with Crippen LogP contribution in [0.4, 0.5) is 0 Å². The number of aliphatic hydroxyl groups is 3. The molecule has 2 fully saturated rings. The number of hydrogen-bond acceptors (Lipinski definition) is 16. The Hall–Kier alpha value is -3.31. The van der Waals surface area contributed by atoms with Gasteiger partial charge >= 0.3 is 29.8 Å². The number of carbonyl (C=O) groups is 5. The second-order valence-electron chi connectivity index (χ2n) is 11.4. The molecule has 2 aliphatic heterocycles. The quantitative estimate of drug-likeness (QED) is 0.182. The second kappa shape index (κ2) is 15.3. The van der Waals surface area contributed by atoms with Crippen LogP contribution in [0.1, 0.15) is 54.4 Å². The Morgan fingerprint density at radius 1 is 0.933 bits per heavy atom. The summed E-state index contributed by atoms with van der Waals surface area (Å²) in [5, 5.41) is 33.1. The predicted octanol–water partition coefficient (Wildman–Crippen LogP) is -0.364. The van der Waals surface area contributed by atoms with Crippen LogP contribution in [0, 0.1) is 17.8 Å². The first-order valence-corrected chi connectivity index (χ1v) is 14.6. The molecule has 0 amide bonds. The molecule has 2 heterocycles. The van der Waals surface area contributed by atoms with E-state index in [1.807, 2.05) is 0 Å². The SMILES string of the molecule is CCC(C)C(=O)OC1OC=C(COC2OC(COC(C)=O)C(O)C(O)C2OC(C)=O)C2CC(OC(C)=O)C(O)(COC(C)=O)C12. The summed E-state index contributed by atoms with van der Waals surface area (Å²) >= 11 is 0. The molecule has 1 aliphatic carbocycles. The third-order valence-corrected chi connectivity index (χ3v) is 8.03. The maximum atomic E-state index is 12.8. The lowest BCUT2D eigenvalue weighted by molar-refractivity contribution is -0.303. The number of aliphatic hydroxyl groups excluding tert-OH is 2. The molecule has 0 spiro atoms. The average Bonchev–Trinajstić information content (AvgIpc) is 3.25. The van der Waals surface area contributed by atoms with Crippen LogP contribution in [0.25, 0.3) is 0 Å². The molecular formula is C29H42O16. The molecule has 0 aromatic carbocycles. The summed E-state index contributed by atoms with van der Waals surface area (Å²) in [5.41, 5.74) is -1.70. The van der Waals surface area contributed by atoms with Gasteiger partial charge in [-0.25, -0.2) is 0 Å². The minimum atomic E-state index is -2.06. The molecule has 0 radical (unpaired) electrons. The number of rotatable bonds is 12. The Kier molecular flexibility index (Phi) is 12.3. The van der Waals surface area contributed by atoms with Crippen molar-refractivity contribution in [3.8, 4) is 0 Å². The van der Waals surface area contributed by atoms with Crippen molar-refractivity contribution < 1.29 is 77.2 Å². The van der Waals surface area contributed by atoms with Crippen LogP contribution in [0.2, 0.25) is 0 Å². The highest BCUT2D eigenvalue weighted by Crippen LogP contribution is 2.51. The molecule has 0 aromatic heterocycles. The second-order valence-corrected chi connectivity index (χ2v) is 11.4. The summed E-state index contributed by atoms with van der Waals surface area (Å²) in [4.78, 5) is 59.6. The van der Waals surface area contributed by atoms with E-state index in [-0.39, 0.29) is 13.0 Å². The molecule has 3 aliphatic rings. The van der Waals surface area contributed by atoms with Gasteiger partial charge in [0.05, 0.1) is 24.7 Å². The van der Waals surface area contributed by atoms with Gasteiger partial charge in [0, 0.05) is 33.6 Å². The van der Waals surface area contributed by atoms with Crippen molar-refractivity contribution in [3.05, 3.63) is 11.8 Å². The Bertz CT molecular complexity index is 1140. The third-order valence-electron chi connectivity index (χ3n) is 8.03. The fourth-order valence-electron chi connectivity index (χ4n) is 5.55. The van der Waals surface area contributed by atoms with Crippen molar-refractivity contribution in [1.29, 1.82) is 0 Å². The lowest BCUT2D eigenvalue weighted by atomic mass is 9.80. The smallest absolute Gasteiger partial charge is 0.311 e. The monoisotopic (exact) mass is 646 g/mol. The van der Waals surface area contributed by atoms with Crippen molar-refractivity contribution in [2.45, 2.75) is 103 Å². The van der Waals surface area contributed by atoms with Gasteiger partial charge in [0.15, 0.2) is 12.4 Å². The lowest BCUT2D eigenvalue weighted by Crippen LogP contribution is -2.60. The Labute approximate surface area is 259 Å².